The molecule has 0 bridgehead atoms. The van der Waals surface area contributed by atoms with Crippen molar-refractivity contribution in [2.45, 2.75) is 12.6 Å². The molecule has 0 radical (unpaired) electrons. The molecule has 0 aromatic heterocycles. The number of carbonyl (C=O) groups is 1. The van der Waals surface area contributed by atoms with E-state index in [9.17, 15) is 4.79 Å². The normalized spacial score (nSPS) is 18.8. The predicted molar refractivity (Wildman–Crippen MR) is 76.3 cm³/mol. The third-order valence-electron chi connectivity index (χ3n) is 3.28. The largest absolute Gasteiger partial charge is 0.378 e. The summed E-state index contributed by atoms with van der Waals surface area (Å²) in [6.07, 6.45) is 0. The highest BCUT2D eigenvalue weighted by molar-refractivity contribution is 5.81. The van der Waals surface area contributed by atoms with Crippen LogP contribution in [0.4, 0.5) is 0 Å². The maximum absolute atomic E-state index is 12.1. The number of rotatable bonds is 6. The summed E-state index contributed by atoms with van der Waals surface area (Å²) in [4.78, 5) is 13.8. The molecular weight excluding hydrogens is 256 g/mol. The number of nitrogens with zero attached hydrogens (tertiary/aromatic N) is 1. The van der Waals surface area contributed by atoms with Gasteiger partial charge < -0.3 is 19.7 Å². The SMILES string of the molecule is CN(CCOCc1ccccc1)C(=O)C1COCCN1. The van der Waals surface area contributed by atoms with Crippen molar-refractivity contribution in [3.8, 4) is 0 Å². The lowest BCUT2D eigenvalue weighted by atomic mass is 10.2. The summed E-state index contributed by atoms with van der Waals surface area (Å²) < 4.78 is 10.9. The van der Waals surface area contributed by atoms with Crippen molar-refractivity contribution in [2.75, 3.05) is 40.0 Å². The van der Waals surface area contributed by atoms with Crippen LogP contribution in [-0.4, -0.2) is 56.8 Å². The van der Waals surface area contributed by atoms with Gasteiger partial charge in [0, 0.05) is 20.1 Å². The first-order valence-electron chi connectivity index (χ1n) is 6.95. The Morgan fingerprint density at radius 3 is 2.95 bits per heavy atom. The van der Waals surface area contributed by atoms with Gasteiger partial charge in [0.1, 0.15) is 6.04 Å². The number of benzene rings is 1. The van der Waals surface area contributed by atoms with Crippen molar-refractivity contribution in [1.82, 2.24) is 10.2 Å². The summed E-state index contributed by atoms with van der Waals surface area (Å²) in [5.74, 6) is 0.0630. The number of hydrogen-bond acceptors (Lipinski definition) is 4. The van der Waals surface area contributed by atoms with Crippen LogP contribution in [0.2, 0.25) is 0 Å². The average Bonchev–Trinajstić information content (AvgIpc) is 2.52. The second kappa shape index (κ2) is 7.99. The van der Waals surface area contributed by atoms with Crippen molar-refractivity contribution in [2.24, 2.45) is 0 Å². The fraction of sp³-hybridized carbons (Fsp3) is 0.533. The zero-order valence-electron chi connectivity index (χ0n) is 11.9. The molecule has 1 N–H and O–H groups in total. The van der Waals surface area contributed by atoms with E-state index in [2.05, 4.69) is 5.32 Å². The highest BCUT2D eigenvalue weighted by Gasteiger charge is 2.23. The van der Waals surface area contributed by atoms with Crippen molar-refractivity contribution in [3.63, 3.8) is 0 Å². The van der Waals surface area contributed by atoms with Crippen LogP contribution in [0.3, 0.4) is 0 Å². The van der Waals surface area contributed by atoms with Crippen molar-refractivity contribution < 1.29 is 14.3 Å². The molecule has 1 unspecified atom stereocenters. The number of hydrogen-bond donors (Lipinski definition) is 1. The monoisotopic (exact) mass is 278 g/mol. The standard InChI is InChI=1S/C15H22N2O3/c1-17(15(18)14-12-19-9-7-16-14)8-10-20-11-13-5-3-2-4-6-13/h2-6,14,16H,7-12H2,1H3. The summed E-state index contributed by atoms with van der Waals surface area (Å²) in [6, 6.07) is 9.79. The fourth-order valence-electron chi connectivity index (χ4n) is 2.07. The van der Waals surface area contributed by atoms with Crippen LogP contribution >= 0.6 is 0 Å². The van der Waals surface area contributed by atoms with Crippen molar-refractivity contribution in [3.05, 3.63) is 35.9 Å². The van der Waals surface area contributed by atoms with Gasteiger partial charge in [-0.3, -0.25) is 4.79 Å². The van der Waals surface area contributed by atoms with Crippen LogP contribution in [0.1, 0.15) is 5.56 Å². The van der Waals surface area contributed by atoms with E-state index in [1.807, 2.05) is 30.3 Å². The van der Waals surface area contributed by atoms with Gasteiger partial charge >= 0.3 is 0 Å². The molecule has 2 rings (SSSR count). The Labute approximate surface area is 119 Å². The first kappa shape index (κ1) is 15.0. The van der Waals surface area contributed by atoms with Gasteiger partial charge in [0.25, 0.3) is 0 Å². The summed E-state index contributed by atoms with van der Waals surface area (Å²) in [5, 5.41) is 3.16. The van der Waals surface area contributed by atoms with Gasteiger partial charge in [-0.05, 0) is 5.56 Å². The lowest BCUT2D eigenvalue weighted by molar-refractivity contribution is -0.135. The maximum Gasteiger partial charge on any atom is 0.241 e. The zero-order chi connectivity index (χ0) is 14.2. The molecule has 1 aromatic carbocycles. The van der Waals surface area contributed by atoms with Gasteiger partial charge in [0.05, 0.1) is 26.4 Å². The molecule has 1 atom stereocenters. The Balaban J connectivity index is 1.64. The third-order valence-corrected chi connectivity index (χ3v) is 3.28. The van der Waals surface area contributed by atoms with E-state index < -0.39 is 0 Å². The molecule has 1 amide bonds. The minimum atomic E-state index is -0.220. The Bertz CT molecular complexity index is 405. The molecule has 0 saturated carbocycles. The second-order valence-electron chi connectivity index (χ2n) is 4.88. The minimum absolute atomic E-state index is 0.0630. The van der Waals surface area contributed by atoms with Crippen LogP contribution < -0.4 is 5.32 Å². The van der Waals surface area contributed by atoms with Gasteiger partial charge in [-0.2, -0.15) is 0 Å². The van der Waals surface area contributed by atoms with E-state index in [1.165, 1.54) is 0 Å². The third kappa shape index (κ3) is 4.59. The Morgan fingerprint density at radius 2 is 2.25 bits per heavy atom. The van der Waals surface area contributed by atoms with E-state index in [4.69, 9.17) is 9.47 Å². The first-order chi connectivity index (χ1) is 9.77. The summed E-state index contributed by atoms with van der Waals surface area (Å²) >= 11 is 0. The van der Waals surface area contributed by atoms with E-state index in [-0.39, 0.29) is 11.9 Å². The molecule has 20 heavy (non-hydrogen) atoms. The van der Waals surface area contributed by atoms with Crippen molar-refractivity contribution >= 4 is 5.91 Å². The van der Waals surface area contributed by atoms with E-state index in [0.29, 0.717) is 33.0 Å². The first-order valence-corrected chi connectivity index (χ1v) is 6.95. The molecule has 5 heteroatoms. The van der Waals surface area contributed by atoms with Crippen LogP contribution in [0.15, 0.2) is 30.3 Å². The highest BCUT2D eigenvalue weighted by atomic mass is 16.5. The molecule has 1 heterocycles. The number of nitrogens with one attached hydrogen (secondary N) is 1. The average molecular weight is 278 g/mol. The fourth-order valence-corrected chi connectivity index (χ4v) is 2.07. The van der Waals surface area contributed by atoms with Gasteiger partial charge in [-0.15, -0.1) is 0 Å². The molecule has 1 fully saturated rings. The molecular formula is C15H22N2O3. The molecule has 1 aliphatic rings. The number of amides is 1. The minimum Gasteiger partial charge on any atom is -0.378 e. The Hall–Kier alpha value is -1.43. The van der Waals surface area contributed by atoms with Crippen molar-refractivity contribution in [1.29, 1.82) is 0 Å². The van der Waals surface area contributed by atoms with E-state index in [0.717, 1.165) is 12.1 Å². The predicted octanol–water partition coefficient (Wildman–Crippen LogP) is 0.650. The zero-order valence-corrected chi connectivity index (χ0v) is 11.9. The molecule has 0 spiro atoms. The van der Waals surface area contributed by atoms with Crippen LogP contribution in [0.25, 0.3) is 0 Å². The number of morpholine rings is 1. The quantitative estimate of drug-likeness (QED) is 0.776. The van der Waals surface area contributed by atoms with Gasteiger partial charge in [-0.1, -0.05) is 30.3 Å². The topological polar surface area (TPSA) is 50.8 Å². The summed E-state index contributed by atoms with van der Waals surface area (Å²) in [5.41, 5.74) is 1.14. The summed E-state index contributed by atoms with van der Waals surface area (Å²) in [6.45, 7) is 3.55. The molecule has 5 nitrogen and oxygen atoms in total. The molecule has 1 saturated heterocycles. The lowest BCUT2D eigenvalue weighted by Gasteiger charge is -2.27. The summed E-state index contributed by atoms with van der Waals surface area (Å²) in [7, 11) is 1.80. The lowest BCUT2D eigenvalue weighted by Crippen LogP contribution is -2.52. The second-order valence-corrected chi connectivity index (χ2v) is 4.88. The van der Waals surface area contributed by atoms with Crippen LogP contribution in [0.5, 0.6) is 0 Å². The van der Waals surface area contributed by atoms with E-state index in [1.54, 1.807) is 11.9 Å². The Kier molecular flexibility index (Phi) is 5.98. The van der Waals surface area contributed by atoms with Gasteiger partial charge in [0.15, 0.2) is 0 Å². The van der Waals surface area contributed by atoms with E-state index >= 15 is 0 Å². The van der Waals surface area contributed by atoms with Crippen LogP contribution in [0, 0.1) is 0 Å². The molecule has 1 aromatic rings. The number of carbonyl (C=O) groups excluding carboxylic acids is 1. The maximum atomic E-state index is 12.1. The number of ether oxygens (including phenoxy) is 2. The van der Waals surface area contributed by atoms with Gasteiger partial charge in [0.2, 0.25) is 5.91 Å². The van der Waals surface area contributed by atoms with Crippen LogP contribution in [-0.2, 0) is 20.9 Å². The molecule has 0 aliphatic carbocycles. The van der Waals surface area contributed by atoms with Gasteiger partial charge in [-0.25, -0.2) is 0 Å². The smallest absolute Gasteiger partial charge is 0.241 e. The Morgan fingerprint density at radius 1 is 1.45 bits per heavy atom. The molecule has 1 aliphatic heterocycles. The highest BCUT2D eigenvalue weighted by Crippen LogP contribution is 2.01. The molecule has 110 valence electrons. The number of likely N-dealkylation sites (N-methyl/N-ethyl adjacent to an activating group) is 1.